The summed E-state index contributed by atoms with van der Waals surface area (Å²) in [4.78, 5) is 23.8. The smallest absolute Gasteiger partial charge is 0.223 e. The normalized spacial score (nSPS) is 19.2. The molecule has 9 nitrogen and oxygen atoms in total. The van der Waals surface area contributed by atoms with Gasteiger partial charge in [0.1, 0.15) is 17.5 Å². The zero-order chi connectivity index (χ0) is 25.9. The monoisotopic (exact) mass is 509 g/mol. The predicted octanol–water partition coefficient (Wildman–Crippen LogP) is 3.36. The molecule has 0 atom stereocenters. The van der Waals surface area contributed by atoms with Gasteiger partial charge in [-0.15, -0.1) is 0 Å². The van der Waals surface area contributed by atoms with Gasteiger partial charge in [-0.2, -0.15) is 0 Å². The number of carbonyl (C=O) groups excluding carboxylic acids is 1. The number of nitrogens with zero attached hydrogens (tertiary/aromatic N) is 3. The van der Waals surface area contributed by atoms with E-state index in [2.05, 4.69) is 50.7 Å². The summed E-state index contributed by atoms with van der Waals surface area (Å²) in [5, 5.41) is 13.1. The number of amidine groups is 1. The van der Waals surface area contributed by atoms with Crippen LogP contribution in [0.5, 0.6) is 0 Å². The van der Waals surface area contributed by atoms with Gasteiger partial charge >= 0.3 is 0 Å². The minimum atomic E-state index is 0.199. The molecule has 0 spiro atoms. The van der Waals surface area contributed by atoms with E-state index in [9.17, 15) is 4.79 Å². The van der Waals surface area contributed by atoms with Crippen molar-refractivity contribution >= 4 is 23.2 Å². The van der Waals surface area contributed by atoms with Crippen molar-refractivity contribution in [3.05, 3.63) is 42.4 Å². The lowest BCUT2D eigenvalue weighted by Crippen LogP contribution is -2.39. The maximum absolute atomic E-state index is 12.0. The van der Waals surface area contributed by atoms with E-state index in [1.807, 2.05) is 18.3 Å². The first kappa shape index (κ1) is 27.1. The van der Waals surface area contributed by atoms with Crippen molar-refractivity contribution in [2.75, 3.05) is 63.1 Å². The number of pyridine rings is 1. The highest BCUT2D eigenvalue weighted by molar-refractivity contribution is 6.00. The van der Waals surface area contributed by atoms with Crippen LogP contribution in [0.4, 0.5) is 11.5 Å². The quantitative estimate of drug-likeness (QED) is 0.173. The molecule has 9 heteroatoms. The summed E-state index contributed by atoms with van der Waals surface area (Å²) in [5.41, 5.74) is 2.10. The minimum Gasteiger partial charge on any atom is -0.379 e. The number of hydrogen-bond donors (Lipinski definition) is 4. The first-order valence-corrected chi connectivity index (χ1v) is 13.8. The van der Waals surface area contributed by atoms with Gasteiger partial charge in [-0.1, -0.05) is 19.1 Å². The number of hydrogen-bond acceptors (Lipinski definition) is 7. The number of aromatic nitrogens is 1. The lowest BCUT2D eigenvalue weighted by Gasteiger charge is -2.26. The van der Waals surface area contributed by atoms with E-state index in [1.165, 1.54) is 24.8 Å². The van der Waals surface area contributed by atoms with Crippen LogP contribution in [0.1, 0.15) is 45.4 Å². The van der Waals surface area contributed by atoms with E-state index in [4.69, 9.17) is 9.73 Å². The molecule has 0 radical (unpaired) electrons. The van der Waals surface area contributed by atoms with Crippen LogP contribution in [0.15, 0.2) is 47.4 Å². The van der Waals surface area contributed by atoms with Crippen LogP contribution in [0.25, 0.3) is 0 Å². The highest BCUT2D eigenvalue weighted by Crippen LogP contribution is 2.37. The summed E-state index contributed by atoms with van der Waals surface area (Å²) in [6.07, 6.45) is 10.4. The summed E-state index contributed by atoms with van der Waals surface area (Å²) in [6.45, 7) is 13.0. The molecule has 0 aromatic carbocycles. The van der Waals surface area contributed by atoms with Gasteiger partial charge < -0.3 is 26.0 Å². The molecule has 2 aliphatic carbocycles. The predicted molar refractivity (Wildman–Crippen MR) is 150 cm³/mol. The topological polar surface area (TPSA) is 103 Å². The summed E-state index contributed by atoms with van der Waals surface area (Å²) in [5.74, 6) is 3.37. The Morgan fingerprint density at radius 2 is 2.00 bits per heavy atom. The molecule has 202 valence electrons. The zero-order valence-electron chi connectivity index (χ0n) is 22.2. The number of ether oxygens (including phenoxy) is 1. The van der Waals surface area contributed by atoms with E-state index < -0.39 is 0 Å². The highest BCUT2D eigenvalue weighted by Gasteiger charge is 2.29. The van der Waals surface area contributed by atoms with Crippen molar-refractivity contribution in [2.45, 2.75) is 45.4 Å². The van der Waals surface area contributed by atoms with Gasteiger partial charge in [0.15, 0.2) is 0 Å². The molecule has 4 rings (SSSR count). The van der Waals surface area contributed by atoms with Crippen molar-refractivity contribution in [1.29, 1.82) is 0 Å². The van der Waals surface area contributed by atoms with Crippen molar-refractivity contribution in [3.8, 4) is 0 Å². The van der Waals surface area contributed by atoms with Crippen LogP contribution in [0.3, 0.4) is 0 Å². The van der Waals surface area contributed by atoms with E-state index >= 15 is 0 Å². The lowest BCUT2D eigenvalue weighted by atomic mass is 9.85. The van der Waals surface area contributed by atoms with Crippen molar-refractivity contribution in [1.82, 2.24) is 20.5 Å². The van der Waals surface area contributed by atoms with E-state index in [0.717, 1.165) is 76.0 Å². The Morgan fingerprint density at radius 3 is 2.65 bits per heavy atom. The second-order valence-electron chi connectivity index (χ2n) is 10.1. The summed E-state index contributed by atoms with van der Waals surface area (Å²) < 4.78 is 5.40. The molecule has 1 saturated heterocycles. The summed E-state index contributed by atoms with van der Waals surface area (Å²) in [6, 6.07) is 3.97. The molecule has 1 aromatic rings. The SMILES string of the molecule is C=C(NC(=NCCCNC(=O)C1CCC1)/C(=C\C)C1CC1)Nc1ccc(NCCN2CCOCC2)nc1. The molecular weight excluding hydrogens is 466 g/mol. The van der Waals surface area contributed by atoms with E-state index in [0.29, 0.717) is 24.8 Å². The standard InChI is InChI=1S/C28H43N7O2/c1-3-25(22-8-9-22)27(30-12-5-13-31-28(36)23-6-4-7-23)34-21(2)33-24-10-11-26(32-20-24)29-14-15-35-16-18-37-19-17-35/h3,10-11,20,22-23,33H,2,4-9,12-19H2,1H3,(H,29,32)(H,30,34)(H,31,36)/b25-3-. The number of morpholine rings is 1. The highest BCUT2D eigenvalue weighted by atomic mass is 16.5. The molecule has 4 N–H and O–H groups in total. The maximum atomic E-state index is 12.0. The van der Waals surface area contributed by atoms with Crippen LogP contribution in [0.2, 0.25) is 0 Å². The number of rotatable bonds is 14. The Labute approximate surface area is 221 Å². The molecule has 1 aliphatic heterocycles. The number of amides is 1. The number of nitrogens with one attached hydrogen (secondary N) is 4. The molecule has 3 fully saturated rings. The van der Waals surface area contributed by atoms with Gasteiger partial charge in [-0.3, -0.25) is 14.7 Å². The summed E-state index contributed by atoms with van der Waals surface area (Å²) >= 11 is 0. The number of aliphatic imine (C=N–C) groups is 1. The number of carbonyl (C=O) groups is 1. The fourth-order valence-corrected chi connectivity index (χ4v) is 4.55. The average Bonchev–Trinajstić information content (AvgIpc) is 3.70. The molecule has 37 heavy (non-hydrogen) atoms. The zero-order valence-corrected chi connectivity index (χ0v) is 22.2. The van der Waals surface area contributed by atoms with Gasteiger partial charge in [0, 0.05) is 45.2 Å². The van der Waals surface area contributed by atoms with E-state index in [1.54, 1.807) is 0 Å². The van der Waals surface area contributed by atoms with Gasteiger partial charge in [0.25, 0.3) is 0 Å². The Balaban J connectivity index is 1.22. The van der Waals surface area contributed by atoms with Gasteiger partial charge in [0.05, 0.1) is 25.1 Å². The van der Waals surface area contributed by atoms with Crippen molar-refractivity contribution in [3.63, 3.8) is 0 Å². The second kappa shape index (κ2) is 14.1. The number of anilines is 2. The molecular formula is C28H43N7O2. The Hall–Kier alpha value is -2.91. The third-order valence-electron chi connectivity index (χ3n) is 7.15. The van der Waals surface area contributed by atoms with Crippen molar-refractivity contribution < 1.29 is 9.53 Å². The third kappa shape index (κ3) is 8.86. The lowest BCUT2D eigenvalue weighted by molar-refractivity contribution is -0.127. The average molecular weight is 510 g/mol. The second-order valence-corrected chi connectivity index (χ2v) is 10.1. The van der Waals surface area contributed by atoms with E-state index in [-0.39, 0.29) is 11.8 Å². The first-order valence-electron chi connectivity index (χ1n) is 13.8. The Morgan fingerprint density at radius 1 is 1.19 bits per heavy atom. The minimum absolute atomic E-state index is 0.199. The van der Waals surface area contributed by atoms with Gasteiger partial charge in [-0.25, -0.2) is 4.98 Å². The molecule has 3 aliphatic rings. The third-order valence-corrected chi connectivity index (χ3v) is 7.15. The Bertz CT molecular complexity index is 946. The van der Waals surface area contributed by atoms with Gasteiger partial charge in [0.2, 0.25) is 5.91 Å². The van der Waals surface area contributed by atoms with Crippen molar-refractivity contribution in [2.24, 2.45) is 16.8 Å². The molecule has 1 aromatic heterocycles. The molecule has 1 amide bonds. The molecule has 2 saturated carbocycles. The van der Waals surface area contributed by atoms with Gasteiger partial charge in [-0.05, 0) is 62.7 Å². The maximum Gasteiger partial charge on any atom is 0.223 e. The molecule has 0 bridgehead atoms. The largest absolute Gasteiger partial charge is 0.379 e. The number of allylic oxidation sites excluding steroid dienone is 1. The van der Waals surface area contributed by atoms with Crippen LogP contribution in [-0.2, 0) is 9.53 Å². The van der Waals surface area contributed by atoms with Crippen LogP contribution >= 0.6 is 0 Å². The van der Waals surface area contributed by atoms with Crippen LogP contribution in [-0.4, -0.2) is 74.1 Å². The van der Waals surface area contributed by atoms with Crippen LogP contribution in [0, 0.1) is 11.8 Å². The fraction of sp³-hybridized carbons (Fsp3) is 0.607. The summed E-state index contributed by atoms with van der Waals surface area (Å²) in [7, 11) is 0. The fourth-order valence-electron chi connectivity index (χ4n) is 4.55. The van der Waals surface area contributed by atoms with Crippen LogP contribution < -0.4 is 21.3 Å². The molecule has 2 heterocycles. The molecule has 0 unspecified atom stereocenters. The first-order chi connectivity index (χ1) is 18.1. The Kier molecular flexibility index (Phi) is 10.4.